The van der Waals surface area contributed by atoms with Gasteiger partial charge in [-0.25, -0.2) is 4.79 Å². The number of nitrogens with zero attached hydrogens (tertiary/aromatic N) is 2. The highest BCUT2D eigenvalue weighted by Crippen LogP contribution is 2.26. The van der Waals surface area contributed by atoms with Gasteiger partial charge in [-0.05, 0) is 43.5 Å². The lowest BCUT2D eigenvalue weighted by atomic mass is 9.99. The quantitative estimate of drug-likeness (QED) is 0.667. The number of aryl methyl sites for hydroxylation is 1. The summed E-state index contributed by atoms with van der Waals surface area (Å²) >= 11 is 0. The summed E-state index contributed by atoms with van der Waals surface area (Å²) in [6.07, 6.45) is 5.47. The Bertz CT molecular complexity index is 861. The number of aromatic nitrogens is 1. The van der Waals surface area contributed by atoms with Crippen LogP contribution in [0.25, 0.3) is 0 Å². The van der Waals surface area contributed by atoms with Gasteiger partial charge in [-0.15, -0.1) is 0 Å². The molecule has 1 aromatic carbocycles. The summed E-state index contributed by atoms with van der Waals surface area (Å²) in [5.41, 5.74) is 1.03. The van der Waals surface area contributed by atoms with Gasteiger partial charge in [-0.1, -0.05) is 0 Å². The molecule has 156 valence electrons. The van der Waals surface area contributed by atoms with Gasteiger partial charge in [0.05, 0.1) is 20.8 Å². The fourth-order valence-electron chi connectivity index (χ4n) is 3.73. The summed E-state index contributed by atoms with van der Waals surface area (Å²) in [5.74, 6) is 0.605. The first kappa shape index (κ1) is 20.8. The van der Waals surface area contributed by atoms with E-state index in [2.05, 4.69) is 0 Å². The topological polar surface area (TPSA) is 70.0 Å². The Kier molecular flexibility index (Phi) is 6.80. The fourth-order valence-corrected chi connectivity index (χ4v) is 3.73. The van der Waals surface area contributed by atoms with Crippen LogP contribution in [-0.2, 0) is 11.8 Å². The number of carbonyl (C=O) groups is 2. The molecule has 0 aliphatic carbocycles. The van der Waals surface area contributed by atoms with Crippen LogP contribution in [0.15, 0.2) is 36.5 Å². The van der Waals surface area contributed by atoms with Gasteiger partial charge >= 0.3 is 5.97 Å². The largest absolute Gasteiger partial charge is 0.497 e. The Hall–Kier alpha value is -2.96. The van der Waals surface area contributed by atoms with E-state index in [1.165, 1.54) is 7.11 Å². The van der Waals surface area contributed by atoms with E-state index in [4.69, 9.17) is 14.2 Å². The number of likely N-dealkylation sites (tertiary alicyclic amines) is 1. The number of hydrogen-bond donors (Lipinski definition) is 0. The molecule has 0 radical (unpaired) electrons. The normalized spacial score (nSPS) is 16.4. The molecule has 1 aliphatic heterocycles. The first-order chi connectivity index (χ1) is 14.0. The number of benzene rings is 1. The van der Waals surface area contributed by atoms with Crippen molar-refractivity contribution in [2.45, 2.75) is 31.7 Å². The maximum absolute atomic E-state index is 12.9. The lowest BCUT2D eigenvalue weighted by molar-refractivity contribution is 0.0404. The van der Waals surface area contributed by atoms with Crippen LogP contribution >= 0.6 is 0 Å². The van der Waals surface area contributed by atoms with E-state index >= 15 is 0 Å². The fraction of sp³-hybridized carbons (Fsp3) is 0.455. The van der Waals surface area contributed by atoms with Crippen LogP contribution in [0.1, 0.15) is 46.5 Å². The Morgan fingerprint density at radius 3 is 2.66 bits per heavy atom. The van der Waals surface area contributed by atoms with E-state index < -0.39 is 5.97 Å². The highest BCUT2D eigenvalue weighted by atomic mass is 16.5. The molecule has 1 atom stereocenters. The second kappa shape index (κ2) is 9.49. The number of piperidine rings is 1. The third kappa shape index (κ3) is 4.72. The van der Waals surface area contributed by atoms with Gasteiger partial charge in [-0.3, -0.25) is 4.79 Å². The highest BCUT2D eigenvalue weighted by molar-refractivity contribution is 5.93. The van der Waals surface area contributed by atoms with Crippen LogP contribution in [0.2, 0.25) is 0 Å². The van der Waals surface area contributed by atoms with Gasteiger partial charge in [0, 0.05) is 38.3 Å². The van der Waals surface area contributed by atoms with Crippen molar-refractivity contribution in [2.24, 2.45) is 7.05 Å². The Balaban J connectivity index is 1.60. The minimum absolute atomic E-state index is 0.0327. The molecule has 7 nitrogen and oxygen atoms in total. The zero-order chi connectivity index (χ0) is 20.8. The van der Waals surface area contributed by atoms with Crippen molar-refractivity contribution in [1.29, 1.82) is 0 Å². The molecule has 29 heavy (non-hydrogen) atoms. The van der Waals surface area contributed by atoms with Crippen molar-refractivity contribution in [1.82, 2.24) is 9.47 Å². The molecule has 1 saturated heterocycles. The van der Waals surface area contributed by atoms with Crippen LogP contribution in [0.5, 0.6) is 11.5 Å². The van der Waals surface area contributed by atoms with Crippen LogP contribution in [0.4, 0.5) is 0 Å². The highest BCUT2D eigenvalue weighted by Gasteiger charge is 2.28. The second-order valence-corrected chi connectivity index (χ2v) is 7.14. The number of methoxy groups -OCH3 is 2. The van der Waals surface area contributed by atoms with Crippen molar-refractivity contribution in [3.63, 3.8) is 0 Å². The predicted octanol–water partition coefficient (Wildman–Crippen LogP) is 3.28. The summed E-state index contributed by atoms with van der Waals surface area (Å²) in [7, 11) is 4.93. The van der Waals surface area contributed by atoms with Gasteiger partial charge in [-0.2, -0.15) is 0 Å². The maximum Gasteiger partial charge on any atom is 0.341 e. The van der Waals surface area contributed by atoms with Crippen LogP contribution in [0.3, 0.4) is 0 Å². The zero-order valence-electron chi connectivity index (χ0n) is 17.2. The minimum atomic E-state index is -0.444. The summed E-state index contributed by atoms with van der Waals surface area (Å²) in [5, 5.41) is 0. The lowest BCUT2D eigenvalue weighted by Gasteiger charge is -2.35. The molecule has 0 bridgehead atoms. The molecule has 0 spiro atoms. The molecular formula is C22H28N2O5. The molecule has 0 N–H and O–H groups in total. The molecule has 2 aromatic rings. The van der Waals surface area contributed by atoms with Gasteiger partial charge in [0.1, 0.15) is 22.8 Å². The van der Waals surface area contributed by atoms with Gasteiger partial charge in [0.2, 0.25) is 0 Å². The average Bonchev–Trinajstić information content (AvgIpc) is 3.18. The van der Waals surface area contributed by atoms with Crippen molar-refractivity contribution in [3.05, 3.63) is 47.8 Å². The first-order valence-electron chi connectivity index (χ1n) is 9.86. The van der Waals surface area contributed by atoms with E-state index in [0.29, 0.717) is 29.2 Å². The molecule has 3 rings (SSSR count). The second-order valence-electron chi connectivity index (χ2n) is 7.14. The summed E-state index contributed by atoms with van der Waals surface area (Å²) in [6, 6.07) is 8.75. The third-order valence-corrected chi connectivity index (χ3v) is 5.36. The summed E-state index contributed by atoms with van der Waals surface area (Å²) in [4.78, 5) is 27.3. The molecule has 2 heterocycles. The molecule has 1 unspecified atom stereocenters. The van der Waals surface area contributed by atoms with Gasteiger partial charge in [0.25, 0.3) is 5.91 Å². The third-order valence-electron chi connectivity index (χ3n) is 5.36. The standard InChI is InChI=1S/C22H28N2O5/c1-23-12-6-8-19(23)21(25)24-13-5-4-7-16(24)11-14-29-22(26)18-10-9-17(27-2)15-20(18)28-3/h6,8-10,12,15-16H,4-5,7,11,13-14H2,1-3H3. The molecular weight excluding hydrogens is 372 g/mol. The van der Waals surface area contributed by atoms with Gasteiger partial charge < -0.3 is 23.7 Å². The van der Waals surface area contributed by atoms with E-state index in [-0.39, 0.29) is 18.6 Å². The van der Waals surface area contributed by atoms with E-state index in [1.807, 2.05) is 34.8 Å². The van der Waals surface area contributed by atoms with Gasteiger partial charge in [0.15, 0.2) is 0 Å². The average molecular weight is 400 g/mol. The predicted molar refractivity (Wildman–Crippen MR) is 109 cm³/mol. The number of esters is 1. The van der Waals surface area contributed by atoms with Crippen LogP contribution in [-0.4, -0.2) is 54.8 Å². The molecule has 1 aromatic heterocycles. The number of carbonyl (C=O) groups excluding carboxylic acids is 2. The first-order valence-corrected chi connectivity index (χ1v) is 9.86. The van der Waals surface area contributed by atoms with Crippen molar-refractivity contribution >= 4 is 11.9 Å². The van der Waals surface area contributed by atoms with E-state index in [9.17, 15) is 9.59 Å². The number of amides is 1. The molecule has 1 fully saturated rings. The van der Waals surface area contributed by atoms with Crippen LogP contribution < -0.4 is 9.47 Å². The SMILES string of the molecule is COc1ccc(C(=O)OCCC2CCCCN2C(=O)c2cccn2C)c(OC)c1. The Morgan fingerprint density at radius 1 is 1.14 bits per heavy atom. The van der Waals surface area contributed by atoms with Crippen molar-refractivity contribution in [3.8, 4) is 11.5 Å². The maximum atomic E-state index is 12.9. The van der Waals surface area contributed by atoms with Crippen molar-refractivity contribution in [2.75, 3.05) is 27.4 Å². The summed E-state index contributed by atoms with van der Waals surface area (Å²) < 4.78 is 17.7. The molecule has 7 heteroatoms. The Morgan fingerprint density at radius 2 is 1.97 bits per heavy atom. The lowest BCUT2D eigenvalue weighted by Crippen LogP contribution is -2.44. The molecule has 1 amide bonds. The number of ether oxygens (including phenoxy) is 3. The molecule has 1 aliphatic rings. The van der Waals surface area contributed by atoms with E-state index in [1.54, 1.807) is 25.3 Å². The Labute approximate surface area is 171 Å². The minimum Gasteiger partial charge on any atom is -0.497 e. The monoisotopic (exact) mass is 400 g/mol. The van der Waals surface area contributed by atoms with Crippen molar-refractivity contribution < 1.29 is 23.8 Å². The number of hydrogen-bond acceptors (Lipinski definition) is 5. The zero-order valence-corrected chi connectivity index (χ0v) is 17.2. The molecule has 0 saturated carbocycles. The van der Waals surface area contributed by atoms with E-state index in [0.717, 1.165) is 25.8 Å². The number of rotatable bonds is 7. The summed E-state index contributed by atoms with van der Waals surface area (Å²) in [6.45, 7) is 0.977. The van der Waals surface area contributed by atoms with Crippen LogP contribution in [0, 0.1) is 0 Å². The smallest absolute Gasteiger partial charge is 0.341 e.